The molecule has 12 heavy (non-hydrogen) atoms. The molecule has 2 aliphatic rings. The molecular formula is C8H15N3O. The van der Waals surface area contributed by atoms with Crippen LogP contribution in [0.2, 0.25) is 0 Å². The smallest absolute Gasteiger partial charge is 0.235 e. The summed E-state index contributed by atoms with van der Waals surface area (Å²) in [5.74, 6) is 0.160. The number of carbonyl (C=O) groups excluding carboxylic acids is 1. The molecular weight excluding hydrogens is 154 g/mol. The summed E-state index contributed by atoms with van der Waals surface area (Å²) in [6.45, 7) is 2.97. The molecule has 2 aliphatic heterocycles. The minimum absolute atomic E-state index is 0.160. The van der Waals surface area contributed by atoms with Crippen LogP contribution >= 0.6 is 0 Å². The Morgan fingerprint density at radius 1 is 1.58 bits per heavy atom. The zero-order chi connectivity index (χ0) is 8.39. The molecule has 2 fully saturated rings. The third kappa shape index (κ3) is 1.76. The van der Waals surface area contributed by atoms with Crippen molar-refractivity contribution in [1.82, 2.24) is 15.8 Å². The molecule has 0 spiro atoms. The maximum atomic E-state index is 10.9. The lowest BCUT2D eigenvalue weighted by atomic mass is 10.2. The Hall–Kier alpha value is -0.610. The molecule has 1 unspecified atom stereocenters. The van der Waals surface area contributed by atoms with Crippen LogP contribution in [0.1, 0.15) is 19.3 Å². The molecule has 0 aromatic rings. The highest BCUT2D eigenvalue weighted by atomic mass is 16.2. The molecule has 0 aromatic heterocycles. The Bertz CT molecular complexity index is 177. The summed E-state index contributed by atoms with van der Waals surface area (Å²) in [5.41, 5.74) is 2.84. The lowest BCUT2D eigenvalue weighted by molar-refractivity contribution is -0.121. The Balaban J connectivity index is 1.75. The maximum Gasteiger partial charge on any atom is 0.235 e. The van der Waals surface area contributed by atoms with E-state index in [0.29, 0.717) is 12.5 Å². The molecule has 2 N–H and O–H groups in total. The molecule has 1 atom stereocenters. The highest BCUT2D eigenvalue weighted by molar-refractivity contribution is 5.77. The standard InChI is InChI=1S/C8H15N3O/c12-8-3-5-11(10-8)6-7-2-1-4-9-7/h7,9H,1-6H2,(H,10,12). The fourth-order valence-electron chi connectivity index (χ4n) is 1.84. The Labute approximate surface area is 72.3 Å². The molecule has 0 radical (unpaired) electrons. The average Bonchev–Trinajstić information content (AvgIpc) is 2.63. The second-order valence-corrected chi connectivity index (χ2v) is 3.52. The number of hydrogen-bond acceptors (Lipinski definition) is 3. The number of hydrazine groups is 1. The van der Waals surface area contributed by atoms with Crippen LogP contribution in [0.3, 0.4) is 0 Å². The summed E-state index contributed by atoms with van der Waals surface area (Å²) in [6.07, 6.45) is 3.17. The van der Waals surface area contributed by atoms with Gasteiger partial charge in [0.1, 0.15) is 0 Å². The van der Waals surface area contributed by atoms with Crippen LogP contribution in [0.4, 0.5) is 0 Å². The van der Waals surface area contributed by atoms with Gasteiger partial charge in [0.25, 0.3) is 0 Å². The van der Waals surface area contributed by atoms with Gasteiger partial charge in [-0.15, -0.1) is 0 Å². The fraction of sp³-hybridized carbons (Fsp3) is 0.875. The largest absolute Gasteiger partial charge is 0.313 e. The summed E-state index contributed by atoms with van der Waals surface area (Å²) >= 11 is 0. The zero-order valence-electron chi connectivity index (χ0n) is 7.18. The topological polar surface area (TPSA) is 44.4 Å². The van der Waals surface area contributed by atoms with Gasteiger partial charge in [-0.25, -0.2) is 5.01 Å². The number of carbonyl (C=O) groups is 1. The van der Waals surface area contributed by atoms with Crippen LogP contribution in [-0.2, 0) is 4.79 Å². The molecule has 1 amide bonds. The quantitative estimate of drug-likeness (QED) is 0.584. The van der Waals surface area contributed by atoms with Gasteiger partial charge >= 0.3 is 0 Å². The van der Waals surface area contributed by atoms with Crippen LogP contribution < -0.4 is 10.7 Å². The van der Waals surface area contributed by atoms with Crippen molar-refractivity contribution >= 4 is 5.91 Å². The third-order valence-electron chi connectivity index (χ3n) is 2.49. The van der Waals surface area contributed by atoms with Crippen LogP contribution in [0, 0.1) is 0 Å². The van der Waals surface area contributed by atoms with Gasteiger partial charge in [-0.1, -0.05) is 0 Å². The molecule has 0 saturated carbocycles. The molecule has 0 bridgehead atoms. The third-order valence-corrected chi connectivity index (χ3v) is 2.49. The van der Waals surface area contributed by atoms with Crippen LogP contribution in [0.5, 0.6) is 0 Å². The van der Waals surface area contributed by atoms with E-state index in [1.165, 1.54) is 12.8 Å². The van der Waals surface area contributed by atoms with Crippen molar-refractivity contribution in [3.63, 3.8) is 0 Å². The van der Waals surface area contributed by atoms with Gasteiger partial charge in [0.05, 0.1) is 0 Å². The molecule has 0 aromatic carbocycles. The molecule has 2 heterocycles. The van der Waals surface area contributed by atoms with Crippen molar-refractivity contribution in [2.75, 3.05) is 19.6 Å². The van der Waals surface area contributed by atoms with E-state index < -0.39 is 0 Å². The van der Waals surface area contributed by atoms with E-state index in [2.05, 4.69) is 10.7 Å². The molecule has 0 aliphatic carbocycles. The van der Waals surface area contributed by atoms with Crippen molar-refractivity contribution in [3.05, 3.63) is 0 Å². The van der Waals surface area contributed by atoms with E-state index in [-0.39, 0.29) is 5.91 Å². The minimum Gasteiger partial charge on any atom is -0.313 e. The first-order valence-electron chi connectivity index (χ1n) is 4.62. The number of nitrogens with zero attached hydrogens (tertiary/aromatic N) is 1. The number of rotatable bonds is 2. The predicted octanol–water partition coefficient (Wildman–Crippen LogP) is -0.525. The van der Waals surface area contributed by atoms with E-state index in [4.69, 9.17) is 0 Å². The lowest BCUT2D eigenvalue weighted by Gasteiger charge is -2.19. The van der Waals surface area contributed by atoms with Gasteiger partial charge < -0.3 is 5.32 Å². The molecule has 4 heteroatoms. The summed E-state index contributed by atoms with van der Waals surface area (Å²) < 4.78 is 0. The van der Waals surface area contributed by atoms with Gasteiger partial charge in [-0.2, -0.15) is 0 Å². The van der Waals surface area contributed by atoms with Crippen LogP contribution in [0.15, 0.2) is 0 Å². The van der Waals surface area contributed by atoms with Crippen LogP contribution in [-0.4, -0.2) is 36.6 Å². The van der Waals surface area contributed by atoms with Crippen molar-refractivity contribution in [3.8, 4) is 0 Å². The van der Waals surface area contributed by atoms with Gasteiger partial charge in [0.15, 0.2) is 0 Å². The number of amides is 1. The van der Waals surface area contributed by atoms with Crippen molar-refractivity contribution < 1.29 is 4.79 Å². The Morgan fingerprint density at radius 3 is 3.08 bits per heavy atom. The summed E-state index contributed by atoms with van der Waals surface area (Å²) in [7, 11) is 0. The van der Waals surface area contributed by atoms with Gasteiger partial charge in [-0.05, 0) is 19.4 Å². The van der Waals surface area contributed by atoms with Crippen molar-refractivity contribution in [2.45, 2.75) is 25.3 Å². The van der Waals surface area contributed by atoms with E-state index in [1.807, 2.05) is 5.01 Å². The second kappa shape index (κ2) is 3.41. The van der Waals surface area contributed by atoms with Crippen LogP contribution in [0.25, 0.3) is 0 Å². The highest BCUT2D eigenvalue weighted by Gasteiger charge is 2.22. The first-order chi connectivity index (χ1) is 5.84. The normalized spacial score (nSPS) is 31.0. The summed E-state index contributed by atoms with van der Waals surface area (Å²) in [4.78, 5) is 10.9. The Morgan fingerprint density at radius 2 is 2.50 bits per heavy atom. The molecule has 2 saturated heterocycles. The second-order valence-electron chi connectivity index (χ2n) is 3.52. The van der Waals surface area contributed by atoms with Crippen molar-refractivity contribution in [2.24, 2.45) is 0 Å². The van der Waals surface area contributed by atoms with E-state index >= 15 is 0 Å². The molecule has 4 nitrogen and oxygen atoms in total. The first kappa shape index (κ1) is 8.01. The highest BCUT2D eigenvalue weighted by Crippen LogP contribution is 2.07. The minimum atomic E-state index is 0.160. The number of nitrogens with one attached hydrogen (secondary N) is 2. The van der Waals surface area contributed by atoms with Gasteiger partial charge in [0.2, 0.25) is 5.91 Å². The van der Waals surface area contributed by atoms with Crippen molar-refractivity contribution in [1.29, 1.82) is 0 Å². The molecule has 2 rings (SSSR count). The van der Waals surface area contributed by atoms with E-state index in [9.17, 15) is 4.79 Å². The van der Waals surface area contributed by atoms with Gasteiger partial charge in [0, 0.05) is 25.6 Å². The van der Waals surface area contributed by atoms with E-state index in [1.54, 1.807) is 0 Å². The zero-order valence-corrected chi connectivity index (χ0v) is 7.18. The monoisotopic (exact) mass is 169 g/mol. The molecule has 68 valence electrons. The van der Waals surface area contributed by atoms with Gasteiger partial charge in [-0.3, -0.25) is 10.2 Å². The Kier molecular flexibility index (Phi) is 2.28. The van der Waals surface area contributed by atoms with E-state index in [0.717, 1.165) is 19.6 Å². The average molecular weight is 169 g/mol. The number of hydrogen-bond donors (Lipinski definition) is 2. The SMILES string of the molecule is O=C1CCN(CC2CCCN2)N1. The first-order valence-corrected chi connectivity index (χ1v) is 4.62. The summed E-state index contributed by atoms with van der Waals surface area (Å²) in [6, 6.07) is 0.586. The maximum absolute atomic E-state index is 10.9. The lowest BCUT2D eigenvalue weighted by Crippen LogP contribution is -2.42. The fourth-order valence-corrected chi connectivity index (χ4v) is 1.84. The summed E-state index contributed by atoms with van der Waals surface area (Å²) in [5, 5.41) is 5.42. The predicted molar refractivity (Wildman–Crippen MR) is 45.4 cm³/mol.